The van der Waals surface area contributed by atoms with Crippen molar-refractivity contribution >= 4 is 21.6 Å². The molecule has 0 bridgehead atoms. The lowest BCUT2D eigenvalue weighted by molar-refractivity contribution is 0.0997. The molecule has 0 aliphatic rings. The average Bonchev–Trinajstić information content (AvgIpc) is 3.25. The highest BCUT2D eigenvalue weighted by atomic mass is 32.2. The number of oxazole rings is 1. The van der Waals surface area contributed by atoms with Crippen molar-refractivity contribution in [3.63, 3.8) is 0 Å². The summed E-state index contributed by atoms with van der Waals surface area (Å²) in [7, 11) is -3.33. The molecular weight excluding hydrogens is 430 g/mol. The molecule has 4 aromatic rings. The Kier molecular flexibility index (Phi) is 5.54. The van der Waals surface area contributed by atoms with Crippen LogP contribution in [0.15, 0.2) is 64.4 Å². The summed E-state index contributed by atoms with van der Waals surface area (Å²) in [5.41, 5.74) is 2.90. The molecule has 0 radical (unpaired) electrons. The van der Waals surface area contributed by atoms with Crippen molar-refractivity contribution in [1.29, 1.82) is 0 Å². The van der Waals surface area contributed by atoms with Gasteiger partial charge >= 0.3 is 0 Å². The number of aromatic nitrogens is 4. The SMILES string of the molecule is Cc1cccc(-c2ncc(C)c(NC(=O)c3ocnc3-c3ccc(S(C)(=O)=O)cc3)n2)n1. The van der Waals surface area contributed by atoms with E-state index >= 15 is 0 Å². The smallest absolute Gasteiger partial charge is 0.294 e. The maximum Gasteiger partial charge on any atom is 0.294 e. The molecule has 0 aliphatic carbocycles. The minimum Gasteiger partial charge on any atom is -0.438 e. The molecule has 0 atom stereocenters. The van der Waals surface area contributed by atoms with E-state index in [1.54, 1.807) is 31.3 Å². The lowest BCUT2D eigenvalue weighted by Gasteiger charge is -2.09. The Bertz CT molecular complexity index is 1410. The van der Waals surface area contributed by atoms with E-state index in [9.17, 15) is 13.2 Å². The minimum atomic E-state index is -3.33. The second kappa shape index (κ2) is 8.31. The van der Waals surface area contributed by atoms with E-state index in [1.807, 2.05) is 19.1 Å². The number of benzene rings is 1. The van der Waals surface area contributed by atoms with Crippen molar-refractivity contribution in [3.8, 4) is 22.8 Å². The van der Waals surface area contributed by atoms with Gasteiger partial charge in [-0.05, 0) is 38.1 Å². The number of rotatable bonds is 5. The number of carbonyl (C=O) groups is 1. The number of nitrogens with one attached hydrogen (secondary N) is 1. The van der Waals surface area contributed by atoms with Crippen LogP contribution in [0.5, 0.6) is 0 Å². The zero-order chi connectivity index (χ0) is 22.9. The van der Waals surface area contributed by atoms with Crippen LogP contribution in [0, 0.1) is 13.8 Å². The standard InChI is InChI=1S/C22H19N5O4S/c1-13-11-23-21(17-6-4-5-14(2)25-17)26-20(13)27-22(28)19-18(24-12-31-19)15-7-9-16(10-8-15)32(3,29)30/h4-12H,1-3H3,(H,23,26,27,28). The molecule has 0 spiro atoms. The Morgan fingerprint density at radius 1 is 1.00 bits per heavy atom. The minimum absolute atomic E-state index is 0.0228. The largest absolute Gasteiger partial charge is 0.438 e. The highest BCUT2D eigenvalue weighted by Gasteiger charge is 2.21. The first kappa shape index (κ1) is 21.3. The third-order valence-corrected chi connectivity index (χ3v) is 5.78. The summed E-state index contributed by atoms with van der Waals surface area (Å²) in [6.07, 6.45) is 3.89. The molecule has 3 aromatic heterocycles. The van der Waals surface area contributed by atoms with Crippen LogP contribution in [0.2, 0.25) is 0 Å². The van der Waals surface area contributed by atoms with Crippen LogP contribution in [0.3, 0.4) is 0 Å². The van der Waals surface area contributed by atoms with E-state index in [-0.39, 0.29) is 16.3 Å². The average molecular weight is 449 g/mol. The van der Waals surface area contributed by atoms with E-state index in [2.05, 4.69) is 25.3 Å². The first-order valence-electron chi connectivity index (χ1n) is 9.55. The Balaban J connectivity index is 1.62. The van der Waals surface area contributed by atoms with Gasteiger partial charge in [0.25, 0.3) is 5.91 Å². The van der Waals surface area contributed by atoms with E-state index < -0.39 is 15.7 Å². The fourth-order valence-corrected chi connectivity index (χ4v) is 3.63. The van der Waals surface area contributed by atoms with Crippen molar-refractivity contribution < 1.29 is 17.6 Å². The molecule has 0 aliphatic heterocycles. The fraction of sp³-hybridized carbons (Fsp3) is 0.136. The number of nitrogens with zero attached hydrogens (tertiary/aromatic N) is 4. The Labute approximate surface area is 184 Å². The number of amides is 1. The predicted octanol–water partition coefficient (Wildman–Crippen LogP) is 3.47. The van der Waals surface area contributed by atoms with Crippen molar-refractivity contribution in [3.05, 3.63) is 72.1 Å². The molecule has 0 saturated heterocycles. The lowest BCUT2D eigenvalue weighted by Crippen LogP contribution is -2.15. The van der Waals surface area contributed by atoms with Gasteiger partial charge in [-0.2, -0.15) is 0 Å². The normalized spacial score (nSPS) is 11.3. The molecule has 32 heavy (non-hydrogen) atoms. The number of hydrogen-bond donors (Lipinski definition) is 1. The first-order chi connectivity index (χ1) is 15.2. The molecule has 4 rings (SSSR count). The van der Waals surface area contributed by atoms with Gasteiger partial charge in [-0.1, -0.05) is 18.2 Å². The van der Waals surface area contributed by atoms with Crippen LogP contribution < -0.4 is 5.32 Å². The molecule has 1 N–H and O–H groups in total. The van der Waals surface area contributed by atoms with Crippen LogP contribution in [-0.2, 0) is 9.84 Å². The van der Waals surface area contributed by atoms with Crippen LogP contribution >= 0.6 is 0 Å². The van der Waals surface area contributed by atoms with Gasteiger partial charge < -0.3 is 9.73 Å². The molecule has 1 aromatic carbocycles. The second-order valence-corrected chi connectivity index (χ2v) is 9.19. The number of anilines is 1. The monoisotopic (exact) mass is 449 g/mol. The third-order valence-electron chi connectivity index (χ3n) is 4.65. The highest BCUT2D eigenvalue weighted by Crippen LogP contribution is 2.25. The molecule has 10 heteroatoms. The van der Waals surface area contributed by atoms with Gasteiger partial charge in [-0.3, -0.25) is 4.79 Å². The van der Waals surface area contributed by atoms with E-state index in [0.717, 1.165) is 18.3 Å². The zero-order valence-electron chi connectivity index (χ0n) is 17.5. The van der Waals surface area contributed by atoms with Gasteiger partial charge in [-0.15, -0.1) is 0 Å². The van der Waals surface area contributed by atoms with E-state index in [1.165, 1.54) is 12.1 Å². The number of pyridine rings is 1. The van der Waals surface area contributed by atoms with Crippen LogP contribution in [0.1, 0.15) is 21.8 Å². The third kappa shape index (κ3) is 4.40. The Morgan fingerprint density at radius 2 is 1.75 bits per heavy atom. The fourth-order valence-electron chi connectivity index (χ4n) is 3.00. The Hall–Kier alpha value is -3.92. The van der Waals surface area contributed by atoms with Gasteiger partial charge in [0.2, 0.25) is 5.76 Å². The van der Waals surface area contributed by atoms with Gasteiger partial charge in [0.1, 0.15) is 17.2 Å². The molecule has 0 fully saturated rings. The molecule has 1 amide bonds. The van der Waals surface area contributed by atoms with Crippen LogP contribution in [-0.4, -0.2) is 40.5 Å². The summed E-state index contributed by atoms with van der Waals surface area (Å²) in [5, 5.41) is 2.74. The predicted molar refractivity (Wildman–Crippen MR) is 118 cm³/mol. The number of hydrogen-bond acceptors (Lipinski definition) is 8. The van der Waals surface area contributed by atoms with Crippen molar-refractivity contribution in [1.82, 2.24) is 19.9 Å². The summed E-state index contributed by atoms with van der Waals surface area (Å²) in [4.78, 5) is 30.4. The molecule has 9 nitrogen and oxygen atoms in total. The first-order valence-corrected chi connectivity index (χ1v) is 11.4. The molecular formula is C22H19N5O4S. The molecule has 162 valence electrons. The summed E-state index contributed by atoms with van der Waals surface area (Å²) >= 11 is 0. The maximum atomic E-state index is 12.9. The quantitative estimate of drug-likeness (QED) is 0.490. The van der Waals surface area contributed by atoms with Gasteiger partial charge in [0.05, 0.1) is 4.90 Å². The van der Waals surface area contributed by atoms with Crippen molar-refractivity contribution in [2.24, 2.45) is 0 Å². The van der Waals surface area contributed by atoms with Crippen LogP contribution in [0.4, 0.5) is 5.82 Å². The van der Waals surface area contributed by atoms with Gasteiger partial charge in [-0.25, -0.2) is 28.4 Å². The van der Waals surface area contributed by atoms with Gasteiger partial charge in [0, 0.05) is 29.3 Å². The van der Waals surface area contributed by atoms with Gasteiger partial charge in [0.15, 0.2) is 22.1 Å². The number of carbonyl (C=O) groups excluding carboxylic acids is 1. The highest BCUT2D eigenvalue weighted by molar-refractivity contribution is 7.90. The summed E-state index contributed by atoms with van der Waals surface area (Å²) in [5.74, 6) is 0.127. The Morgan fingerprint density at radius 3 is 2.44 bits per heavy atom. The lowest BCUT2D eigenvalue weighted by atomic mass is 10.1. The molecule has 3 heterocycles. The number of sulfone groups is 1. The van der Waals surface area contributed by atoms with Crippen molar-refractivity contribution in [2.45, 2.75) is 18.7 Å². The zero-order valence-corrected chi connectivity index (χ0v) is 18.3. The number of aryl methyl sites for hydroxylation is 2. The van der Waals surface area contributed by atoms with E-state index in [4.69, 9.17) is 4.42 Å². The van der Waals surface area contributed by atoms with Crippen molar-refractivity contribution in [2.75, 3.05) is 11.6 Å². The van der Waals surface area contributed by atoms with E-state index in [0.29, 0.717) is 28.5 Å². The molecule has 0 saturated carbocycles. The van der Waals surface area contributed by atoms with Crippen LogP contribution in [0.25, 0.3) is 22.8 Å². The topological polar surface area (TPSA) is 128 Å². The summed E-state index contributed by atoms with van der Waals surface area (Å²) in [6, 6.07) is 11.6. The molecule has 0 unspecified atom stereocenters. The maximum absolute atomic E-state index is 12.9. The summed E-state index contributed by atoms with van der Waals surface area (Å²) in [6.45, 7) is 3.64. The second-order valence-electron chi connectivity index (χ2n) is 7.17. The summed E-state index contributed by atoms with van der Waals surface area (Å²) < 4.78 is 28.7.